The summed E-state index contributed by atoms with van der Waals surface area (Å²) in [6.45, 7) is 15.5. The van der Waals surface area contributed by atoms with Crippen molar-refractivity contribution in [1.29, 1.82) is 0 Å². The Bertz CT molecular complexity index is 4010. The molecule has 4 aliphatic rings. The van der Waals surface area contributed by atoms with Gasteiger partial charge in [0.05, 0.1) is 97.0 Å². The number of aryl methyl sites for hydroxylation is 3. The summed E-state index contributed by atoms with van der Waals surface area (Å²) in [7, 11) is -10.7. The van der Waals surface area contributed by atoms with Crippen LogP contribution in [0, 0.1) is 20.8 Å². The Hall–Kier alpha value is -6.42. The molecule has 0 unspecified atom stereocenters. The van der Waals surface area contributed by atoms with E-state index < -0.39 is 127 Å². The molecular weight excluding hydrogens is 1320 g/mol. The lowest BCUT2D eigenvalue weighted by Crippen LogP contribution is -2.62. The monoisotopic (exact) mass is 1390 g/mol. The highest BCUT2D eigenvalue weighted by Crippen LogP contribution is 2.52. The Labute approximate surface area is 526 Å². The van der Waals surface area contributed by atoms with Gasteiger partial charge in [0.1, 0.15) is 5.75 Å². The van der Waals surface area contributed by atoms with Crippen LogP contribution in [0.5, 0.6) is 28.7 Å². The van der Waals surface area contributed by atoms with Gasteiger partial charge in [-0.3, -0.25) is 0 Å². The molecule has 0 amide bonds. The van der Waals surface area contributed by atoms with Gasteiger partial charge in [0.25, 0.3) is 9.05 Å². The van der Waals surface area contributed by atoms with E-state index in [0.717, 1.165) is 65.7 Å². The Balaban J connectivity index is 0.000000234. The highest BCUT2D eigenvalue weighted by atomic mass is 35.7. The number of anilines is 4. The summed E-state index contributed by atoms with van der Waals surface area (Å²) in [6, 6.07) is 19.8. The summed E-state index contributed by atoms with van der Waals surface area (Å²) in [6.07, 6.45) is -17.2. The van der Waals surface area contributed by atoms with Gasteiger partial charge < -0.3 is 44.9 Å². The van der Waals surface area contributed by atoms with E-state index >= 15 is 0 Å². The van der Waals surface area contributed by atoms with Crippen LogP contribution in [0.4, 0.5) is 62.3 Å². The molecule has 6 aromatic carbocycles. The van der Waals surface area contributed by atoms with Crippen LogP contribution in [0.15, 0.2) is 131 Å². The molecule has 0 radical (unpaired) electrons. The maximum absolute atomic E-state index is 13.5. The molecule has 5 N–H and O–H groups in total. The van der Waals surface area contributed by atoms with Gasteiger partial charge in [-0.05, 0) is 149 Å². The first kappa shape index (κ1) is 73.6. The zero-order valence-electron chi connectivity index (χ0n) is 48.7. The van der Waals surface area contributed by atoms with Gasteiger partial charge in [0, 0.05) is 16.7 Å². The number of sulfone groups is 2. The molecule has 10 rings (SSSR count). The average molecular weight is 1390 g/mol. The van der Waals surface area contributed by atoms with Crippen molar-refractivity contribution in [3.8, 4) is 28.7 Å². The van der Waals surface area contributed by atoms with Crippen molar-refractivity contribution >= 4 is 72.2 Å². The van der Waals surface area contributed by atoms with E-state index in [1.54, 1.807) is 50.2 Å². The highest BCUT2D eigenvalue weighted by Gasteiger charge is 2.48. The van der Waals surface area contributed by atoms with Crippen LogP contribution in [-0.2, 0) is 51.1 Å². The summed E-state index contributed by atoms with van der Waals surface area (Å²) in [5.74, 6) is -2.91. The molecule has 32 heteroatoms. The normalized spacial score (nSPS) is 20.7. The summed E-state index contributed by atoms with van der Waals surface area (Å²) >= 11 is 0. The Kier molecular flexibility index (Phi) is 23.0. The predicted octanol–water partition coefficient (Wildman–Crippen LogP) is 11.3. The van der Waals surface area contributed by atoms with Crippen molar-refractivity contribution in [2.75, 3.05) is 52.4 Å². The molecule has 18 nitrogen and oxygen atoms in total. The second-order valence-electron chi connectivity index (χ2n) is 21.3. The summed E-state index contributed by atoms with van der Waals surface area (Å²) in [5.41, 5.74) is 7.36. The van der Waals surface area contributed by atoms with E-state index in [-0.39, 0.29) is 63.9 Å². The van der Waals surface area contributed by atoms with Crippen LogP contribution in [0.2, 0.25) is 0 Å². The molecule has 0 aromatic heterocycles. The van der Waals surface area contributed by atoms with Gasteiger partial charge in [-0.2, -0.15) is 26.3 Å². The smallest absolute Gasteiger partial charge is 0.453 e. The van der Waals surface area contributed by atoms with Crippen LogP contribution >= 0.6 is 10.7 Å². The van der Waals surface area contributed by atoms with Crippen LogP contribution in [0.25, 0.3) is 0 Å². The summed E-state index contributed by atoms with van der Waals surface area (Å²) in [4.78, 5) is 4.81. The number of nitrogens with zero attached hydrogens (tertiary/aromatic N) is 3. The van der Waals surface area contributed by atoms with Gasteiger partial charge >= 0.3 is 18.7 Å². The molecule has 0 saturated carbocycles. The van der Waals surface area contributed by atoms with E-state index in [4.69, 9.17) is 25.9 Å². The number of nitrogens with two attached hydrogens (primary N) is 1. The number of hydrogen-bond donors (Lipinski definition) is 4. The number of hydrogen-bond acceptors (Lipinski definition) is 17. The van der Waals surface area contributed by atoms with Crippen LogP contribution in [0.1, 0.15) is 56.0 Å². The third-order valence-electron chi connectivity index (χ3n) is 14.6. The minimum Gasteiger partial charge on any atom is -0.453 e. The number of ether oxygens (including phenoxy) is 3. The second kappa shape index (κ2) is 28.4. The fourth-order valence-corrected chi connectivity index (χ4v) is 15.9. The molecule has 4 aliphatic heterocycles. The molecule has 0 spiro atoms. The number of rotatable bonds is 10. The first-order valence-corrected chi connectivity index (χ1v) is 34.8. The molecule has 500 valence electrons. The predicted molar refractivity (Wildman–Crippen MR) is 326 cm³/mol. The van der Waals surface area contributed by atoms with E-state index in [1.165, 1.54) is 59.8 Å². The first-order valence-electron chi connectivity index (χ1n) is 27.4. The van der Waals surface area contributed by atoms with Gasteiger partial charge in [-0.1, -0.05) is 58.0 Å². The number of sulfonamides is 1. The summed E-state index contributed by atoms with van der Waals surface area (Å²) < 4.78 is 233. The van der Waals surface area contributed by atoms with Crippen LogP contribution < -0.4 is 34.5 Å². The third-order valence-corrected chi connectivity index (χ3v) is 21.0. The SMILES string of the molecule is C.CCN(CC)CC.Cc1ccc(S(=O)(=O)Cl)cc1.Cc1ccc2c(c1)Oc1cc(C(F)(F)F)ccc1N2[C@H]1CS(=O)(=O)C[C@@H](N)[C@@H]1O.Cc1ccc2c(c1)Oc1cc(C(F)(F)F)ccc1N2[C@H]1CS(=O)(=O)C[C@@H](NS(=O)(=O)c2ccc(OC(F)(F)F)cc2)[C@@H]1O. The maximum Gasteiger partial charge on any atom is 0.573 e. The summed E-state index contributed by atoms with van der Waals surface area (Å²) in [5, 5.41) is 22.0. The molecule has 2 fully saturated rings. The number of alkyl halides is 9. The quantitative estimate of drug-likeness (QED) is 0.0735. The lowest BCUT2D eigenvalue weighted by molar-refractivity contribution is -0.274. The zero-order chi connectivity index (χ0) is 66.9. The third kappa shape index (κ3) is 18.5. The molecule has 2 saturated heterocycles. The highest BCUT2D eigenvalue weighted by molar-refractivity contribution is 8.13. The van der Waals surface area contributed by atoms with Crippen LogP contribution in [-0.4, -0.2) is 134 Å². The van der Waals surface area contributed by atoms with Gasteiger partial charge in [-0.25, -0.2) is 38.4 Å². The molecule has 0 aliphatic carbocycles. The number of halogens is 10. The topological polar surface area (TPSA) is 252 Å². The number of nitrogens with one attached hydrogen (secondary N) is 1. The molecule has 91 heavy (non-hydrogen) atoms. The largest absolute Gasteiger partial charge is 0.573 e. The van der Waals surface area contributed by atoms with Crippen molar-refractivity contribution in [1.82, 2.24) is 9.62 Å². The number of fused-ring (bicyclic) bond motifs is 4. The van der Waals surface area contributed by atoms with Crippen molar-refractivity contribution in [2.24, 2.45) is 5.73 Å². The minimum absolute atomic E-state index is 0. The minimum atomic E-state index is -5.02. The lowest BCUT2D eigenvalue weighted by Gasteiger charge is -2.44. The molecule has 6 aromatic rings. The van der Waals surface area contributed by atoms with Gasteiger partial charge in [-0.15, -0.1) is 13.2 Å². The van der Waals surface area contributed by atoms with Gasteiger partial charge in [0.15, 0.2) is 42.7 Å². The van der Waals surface area contributed by atoms with Crippen molar-refractivity contribution < 1.29 is 97.6 Å². The number of aliphatic hydroxyl groups is 2. The standard InChI is InChI=1S/C26H22F6N2O7S2.C19H19F3N2O4S.C7H7ClO2S.C6H15N.CH4/c1-14-2-8-19-22(10-14)40-23-11-15(25(27,28)29)3-9-20(23)34(19)21-13-42(36,37)12-18(24(21)35)33-43(38,39)17-6-4-16(5-7-17)41-26(30,31)32;1-10-2-4-13-16(6-10)28-17-7-11(19(20,21)22)3-5-14(17)24(13)15-9-29(26,27)8-12(23)18(15)25;1-6-2-4-7(5-3-6)11(8,9)10;1-4-7(5-2)6-3;/h2-11,18,21,24,33,35H,12-13H2,1H3;2-7,12,15,18,25H,8-9,23H2,1H3;2-5H,1H3;4-6H2,1-3H3;1H4/t18-,21+,24+;12-,15+,18+;;;/m11.../s1. The van der Waals surface area contributed by atoms with E-state index in [2.05, 4.69) is 35.1 Å². The molecule has 0 bridgehead atoms. The lowest BCUT2D eigenvalue weighted by atomic mass is 10.00. The Morgan fingerprint density at radius 3 is 1.33 bits per heavy atom. The fraction of sp³-hybridized carbons (Fsp3) is 0.390. The van der Waals surface area contributed by atoms with Crippen molar-refractivity contribution in [3.05, 3.63) is 149 Å². The van der Waals surface area contributed by atoms with Gasteiger partial charge in [0.2, 0.25) is 10.0 Å². The average Bonchev–Trinajstić information content (AvgIpc) is 0.803. The number of benzene rings is 6. The maximum atomic E-state index is 13.5. The van der Waals surface area contributed by atoms with E-state index in [0.29, 0.717) is 11.3 Å². The van der Waals surface area contributed by atoms with Crippen molar-refractivity contribution in [3.63, 3.8) is 0 Å². The zero-order valence-corrected chi connectivity index (χ0v) is 52.7. The molecule has 6 atom stereocenters. The first-order chi connectivity index (χ1) is 41.6. The van der Waals surface area contributed by atoms with Crippen molar-refractivity contribution in [2.45, 2.75) is 114 Å². The molecular formula is C59H67ClF9N5O13S4. The Morgan fingerprint density at radius 2 is 0.945 bits per heavy atom. The van der Waals surface area contributed by atoms with Crippen LogP contribution in [0.3, 0.4) is 0 Å². The van der Waals surface area contributed by atoms with E-state index in [1.807, 2.05) is 6.92 Å². The number of aliphatic hydroxyl groups excluding tert-OH is 2. The fourth-order valence-electron chi connectivity index (χ4n) is 10.1. The molecule has 4 heterocycles. The second-order valence-corrected chi connectivity index (χ2v) is 29.9. The Morgan fingerprint density at radius 1 is 0.571 bits per heavy atom. The van der Waals surface area contributed by atoms with E-state index in [9.17, 15) is 83.4 Å².